The topological polar surface area (TPSA) is 52.9 Å². The minimum atomic E-state index is -0.0378. The molecule has 1 N–H and O–H groups in total. The molecule has 100 valence electrons. The number of hydrogen-bond acceptors (Lipinski definition) is 2. The van der Waals surface area contributed by atoms with E-state index in [1.165, 1.54) is 25.7 Å². The van der Waals surface area contributed by atoms with Crippen LogP contribution in [-0.2, 0) is 0 Å². The van der Waals surface area contributed by atoms with Crippen LogP contribution in [-0.4, -0.2) is 12.5 Å². The highest BCUT2D eigenvalue weighted by Gasteiger charge is 2.32. The van der Waals surface area contributed by atoms with E-state index in [0.29, 0.717) is 16.5 Å². The zero-order chi connectivity index (χ0) is 13.7. The summed E-state index contributed by atoms with van der Waals surface area (Å²) in [6.07, 6.45) is 6.12. The van der Waals surface area contributed by atoms with Crippen LogP contribution >= 0.6 is 0 Å². The summed E-state index contributed by atoms with van der Waals surface area (Å²) in [5.41, 5.74) is 1.52. The number of amides is 1. The monoisotopic (exact) mass is 256 g/mol. The van der Waals surface area contributed by atoms with E-state index in [4.69, 9.17) is 5.26 Å². The smallest absolute Gasteiger partial charge is 0.251 e. The van der Waals surface area contributed by atoms with Gasteiger partial charge in [0, 0.05) is 12.1 Å². The minimum absolute atomic E-state index is 0.0378. The first-order valence-corrected chi connectivity index (χ1v) is 6.97. The van der Waals surface area contributed by atoms with E-state index in [1.54, 1.807) is 24.3 Å². The van der Waals surface area contributed by atoms with Crippen molar-refractivity contribution in [3.63, 3.8) is 0 Å². The first kappa shape index (κ1) is 13.6. The molecule has 1 aromatic carbocycles. The summed E-state index contributed by atoms with van der Waals surface area (Å²) in [4.78, 5) is 12.1. The number of nitrogens with zero attached hydrogens (tertiary/aromatic N) is 1. The van der Waals surface area contributed by atoms with E-state index in [2.05, 4.69) is 18.3 Å². The fourth-order valence-corrected chi connectivity index (χ4v) is 2.85. The predicted octanol–water partition coefficient (Wildman–Crippen LogP) is 3.26. The maximum absolute atomic E-state index is 12.1. The third-order valence-electron chi connectivity index (χ3n) is 4.31. The van der Waals surface area contributed by atoms with E-state index >= 15 is 0 Å². The zero-order valence-corrected chi connectivity index (χ0v) is 11.4. The molecule has 0 radical (unpaired) electrons. The van der Waals surface area contributed by atoms with Gasteiger partial charge in [0.2, 0.25) is 0 Å². The Bertz CT molecular complexity index is 478. The molecule has 1 aromatic rings. The average molecular weight is 256 g/mol. The van der Waals surface area contributed by atoms with Crippen LogP contribution < -0.4 is 5.32 Å². The Morgan fingerprint density at radius 3 is 2.47 bits per heavy atom. The lowest BCUT2D eigenvalue weighted by Gasteiger charge is -2.27. The summed E-state index contributed by atoms with van der Waals surface area (Å²) in [6, 6.07) is 8.83. The van der Waals surface area contributed by atoms with E-state index < -0.39 is 0 Å². The lowest BCUT2D eigenvalue weighted by Crippen LogP contribution is -2.35. The van der Waals surface area contributed by atoms with Crippen molar-refractivity contribution in [1.29, 1.82) is 5.26 Å². The first-order valence-electron chi connectivity index (χ1n) is 6.97. The SMILES string of the molecule is CCC1(CNC(=O)c2ccc(C#N)cc2)CCCC1. The van der Waals surface area contributed by atoms with Crippen molar-refractivity contribution >= 4 is 5.91 Å². The van der Waals surface area contributed by atoms with Gasteiger partial charge in [-0.25, -0.2) is 0 Å². The van der Waals surface area contributed by atoms with Crippen LogP contribution in [0.4, 0.5) is 0 Å². The van der Waals surface area contributed by atoms with Crippen LogP contribution in [0.25, 0.3) is 0 Å². The highest BCUT2D eigenvalue weighted by Crippen LogP contribution is 2.40. The van der Waals surface area contributed by atoms with Crippen molar-refractivity contribution in [2.24, 2.45) is 5.41 Å². The van der Waals surface area contributed by atoms with Gasteiger partial charge >= 0.3 is 0 Å². The molecule has 0 heterocycles. The van der Waals surface area contributed by atoms with E-state index in [0.717, 1.165) is 13.0 Å². The van der Waals surface area contributed by atoms with Gasteiger partial charge in [0.1, 0.15) is 0 Å². The second kappa shape index (κ2) is 5.88. The summed E-state index contributed by atoms with van der Waals surface area (Å²) in [7, 11) is 0. The van der Waals surface area contributed by atoms with Gasteiger partial charge in [0.05, 0.1) is 11.6 Å². The minimum Gasteiger partial charge on any atom is -0.351 e. The molecule has 1 amide bonds. The van der Waals surface area contributed by atoms with Crippen LogP contribution in [0.1, 0.15) is 54.9 Å². The maximum Gasteiger partial charge on any atom is 0.251 e. The molecule has 3 nitrogen and oxygen atoms in total. The summed E-state index contributed by atoms with van der Waals surface area (Å²) >= 11 is 0. The fraction of sp³-hybridized carbons (Fsp3) is 0.500. The van der Waals surface area contributed by atoms with Gasteiger partial charge in [-0.2, -0.15) is 5.26 Å². The summed E-state index contributed by atoms with van der Waals surface area (Å²) in [5.74, 6) is -0.0378. The number of carbonyl (C=O) groups is 1. The Balaban J connectivity index is 1.95. The third-order valence-corrected chi connectivity index (χ3v) is 4.31. The van der Waals surface area contributed by atoms with Crippen molar-refractivity contribution in [2.45, 2.75) is 39.0 Å². The number of nitriles is 1. The zero-order valence-electron chi connectivity index (χ0n) is 11.4. The highest BCUT2D eigenvalue weighted by molar-refractivity contribution is 5.94. The van der Waals surface area contributed by atoms with Gasteiger partial charge in [-0.3, -0.25) is 4.79 Å². The molecule has 0 atom stereocenters. The fourth-order valence-electron chi connectivity index (χ4n) is 2.85. The molecule has 0 aliphatic heterocycles. The molecule has 0 saturated heterocycles. The van der Waals surface area contributed by atoms with Crippen molar-refractivity contribution < 1.29 is 4.79 Å². The first-order chi connectivity index (χ1) is 9.19. The normalized spacial score (nSPS) is 16.8. The maximum atomic E-state index is 12.1. The molecule has 2 rings (SSSR count). The average Bonchev–Trinajstić information content (AvgIpc) is 2.94. The van der Waals surface area contributed by atoms with E-state index in [-0.39, 0.29) is 5.91 Å². The van der Waals surface area contributed by atoms with Crippen molar-refractivity contribution in [2.75, 3.05) is 6.54 Å². The van der Waals surface area contributed by atoms with Crippen LogP contribution in [0.15, 0.2) is 24.3 Å². The van der Waals surface area contributed by atoms with Crippen molar-refractivity contribution in [3.05, 3.63) is 35.4 Å². The lowest BCUT2D eigenvalue weighted by molar-refractivity contribution is 0.0929. The van der Waals surface area contributed by atoms with Crippen molar-refractivity contribution in [1.82, 2.24) is 5.32 Å². The summed E-state index contributed by atoms with van der Waals surface area (Å²) in [6.45, 7) is 2.97. The van der Waals surface area contributed by atoms with Crippen molar-refractivity contribution in [3.8, 4) is 6.07 Å². The van der Waals surface area contributed by atoms with Crippen LogP contribution in [0, 0.1) is 16.7 Å². The molecule has 3 heteroatoms. The number of carbonyl (C=O) groups excluding carboxylic acids is 1. The van der Waals surface area contributed by atoms with E-state index in [9.17, 15) is 4.79 Å². The second-order valence-corrected chi connectivity index (χ2v) is 5.43. The largest absolute Gasteiger partial charge is 0.351 e. The molecule has 19 heavy (non-hydrogen) atoms. The molecule has 1 aliphatic carbocycles. The van der Waals surface area contributed by atoms with Crippen LogP contribution in [0.5, 0.6) is 0 Å². The number of hydrogen-bond donors (Lipinski definition) is 1. The summed E-state index contributed by atoms with van der Waals surface area (Å²) < 4.78 is 0. The molecule has 1 saturated carbocycles. The van der Waals surface area contributed by atoms with Crippen LogP contribution in [0.3, 0.4) is 0 Å². The van der Waals surface area contributed by atoms with E-state index in [1.807, 2.05) is 0 Å². The molecule has 0 unspecified atom stereocenters. The molecular formula is C16H20N2O. The highest BCUT2D eigenvalue weighted by atomic mass is 16.1. The third kappa shape index (κ3) is 3.14. The standard InChI is InChI=1S/C16H20N2O/c1-2-16(9-3-4-10-16)12-18-15(19)14-7-5-13(11-17)6-8-14/h5-8H,2-4,9-10,12H2,1H3,(H,18,19). The Morgan fingerprint density at radius 2 is 1.95 bits per heavy atom. The Kier molecular flexibility index (Phi) is 4.21. The van der Waals surface area contributed by atoms with Gasteiger partial charge < -0.3 is 5.32 Å². The number of benzene rings is 1. The van der Waals surface area contributed by atoms with Gasteiger partial charge in [0.15, 0.2) is 0 Å². The molecule has 0 aromatic heterocycles. The van der Waals surface area contributed by atoms with Gasteiger partial charge in [-0.1, -0.05) is 19.8 Å². The Labute approximate surface area is 114 Å². The molecule has 0 bridgehead atoms. The van der Waals surface area contributed by atoms with Crippen LogP contribution in [0.2, 0.25) is 0 Å². The molecule has 0 spiro atoms. The van der Waals surface area contributed by atoms with Gasteiger partial charge in [0.25, 0.3) is 5.91 Å². The molecular weight excluding hydrogens is 236 g/mol. The quantitative estimate of drug-likeness (QED) is 0.899. The molecule has 1 fully saturated rings. The lowest BCUT2D eigenvalue weighted by atomic mass is 9.83. The Hall–Kier alpha value is -1.82. The van der Waals surface area contributed by atoms with Gasteiger partial charge in [-0.05, 0) is 48.9 Å². The predicted molar refractivity (Wildman–Crippen MR) is 74.7 cm³/mol. The molecule has 1 aliphatic rings. The number of nitrogens with one attached hydrogen (secondary N) is 1. The summed E-state index contributed by atoms with van der Waals surface area (Å²) in [5, 5.41) is 11.8. The van der Waals surface area contributed by atoms with Gasteiger partial charge in [-0.15, -0.1) is 0 Å². The number of rotatable bonds is 4. The second-order valence-electron chi connectivity index (χ2n) is 5.43. The Morgan fingerprint density at radius 1 is 1.32 bits per heavy atom.